The lowest BCUT2D eigenvalue weighted by Crippen LogP contribution is -2.18. The molecular formula is C12H15N3S. The number of anilines is 2. The summed E-state index contributed by atoms with van der Waals surface area (Å²) < 4.78 is 0. The molecular weight excluding hydrogens is 218 g/mol. The molecule has 0 aliphatic carbocycles. The van der Waals surface area contributed by atoms with Crippen molar-refractivity contribution in [1.29, 1.82) is 0 Å². The minimum Gasteiger partial charge on any atom is -0.396 e. The van der Waals surface area contributed by atoms with Crippen LogP contribution in [-0.2, 0) is 6.54 Å². The fourth-order valence-corrected chi connectivity index (χ4v) is 2.29. The molecule has 0 spiro atoms. The highest BCUT2D eigenvalue weighted by Gasteiger charge is 2.07. The Balaban J connectivity index is 2.17. The second-order valence-corrected chi connectivity index (χ2v) is 4.69. The largest absolute Gasteiger partial charge is 0.396 e. The first-order valence-corrected chi connectivity index (χ1v) is 6.05. The third kappa shape index (κ3) is 2.33. The van der Waals surface area contributed by atoms with Gasteiger partial charge < -0.3 is 10.6 Å². The van der Waals surface area contributed by atoms with E-state index in [4.69, 9.17) is 5.73 Å². The van der Waals surface area contributed by atoms with E-state index in [2.05, 4.69) is 26.7 Å². The lowest BCUT2D eigenvalue weighted by molar-refractivity contribution is 0.902. The number of nitrogens with zero attached hydrogens (tertiary/aromatic N) is 2. The first-order valence-electron chi connectivity index (χ1n) is 5.11. The number of hydrogen-bond donors (Lipinski definition) is 1. The molecule has 0 aliphatic rings. The Kier molecular flexibility index (Phi) is 3.10. The lowest BCUT2D eigenvalue weighted by atomic mass is 10.2. The molecule has 0 saturated heterocycles. The van der Waals surface area contributed by atoms with Gasteiger partial charge in [0.2, 0.25) is 0 Å². The summed E-state index contributed by atoms with van der Waals surface area (Å²) in [4.78, 5) is 6.43. The van der Waals surface area contributed by atoms with E-state index in [9.17, 15) is 0 Å². The Morgan fingerprint density at radius 2 is 2.31 bits per heavy atom. The third-order valence-corrected chi connectivity index (χ3v) is 3.13. The number of thiophene rings is 1. The van der Waals surface area contributed by atoms with Gasteiger partial charge in [0.15, 0.2) is 5.82 Å². The van der Waals surface area contributed by atoms with Crippen LogP contribution in [0.1, 0.15) is 11.1 Å². The van der Waals surface area contributed by atoms with Crippen LogP contribution in [-0.4, -0.2) is 12.0 Å². The highest BCUT2D eigenvalue weighted by atomic mass is 32.1. The molecule has 3 nitrogen and oxygen atoms in total. The summed E-state index contributed by atoms with van der Waals surface area (Å²) in [6.07, 6.45) is 1.84. The van der Waals surface area contributed by atoms with E-state index >= 15 is 0 Å². The Hall–Kier alpha value is -1.55. The van der Waals surface area contributed by atoms with E-state index in [0.29, 0.717) is 0 Å². The van der Waals surface area contributed by atoms with Crippen molar-refractivity contribution in [2.24, 2.45) is 0 Å². The minimum atomic E-state index is 0.734. The standard InChI is InChI=1S/C12H15N3S/c1-9-5-11(13)12(14-6-9)15(2)7-10-3-4-16-8-10/h3-6,8H,7,13H2,1-2H3. The molecule has 84 valence electrons. The van der Waals surface area contributed by atoms with Gasteiger partial charge in [-0.05, 0) is 40.9 Å². The minimum absolute atomic E-state index is 0.734. The van der Waals surface area contributed by atoms with Crippen LogP contribution in [0.2, 0.25) is 0 Å². The molecule has 0 fully saturated rings. The van der Waals surface area contributed by atoms with Crippen LogP contribution in [0.5, 0.6) is 0 Å². The van der Waals surface area contributed by atoms with Crippen molar-refractivity contribution < 1.29 is 0 Å². The summed E-state index contributed by atoms with van der Waals surface area (Å²) in [7, 11) is 2.01. The summed E-state index contributed by atoms with van der Waals surface area (Å²) >= 11 is 1.71. The van der Waals surface area contributed by atoms with Crippen LogP contribution < -0.4 is 10.6 Å². The molecule has 0 amide bonds. The van der Waals surface area contributed by atoms with E-state index < -0.39 is 0 Å². The van der Waals surface area contributed by atoms with Gasteiger partial charge in [-0.15, -0.1) is 0 Å². The molecule has 0 radical (unpaired) electrons. The zero-order valence-corrected chi connectivity index (χ0v) is 10.3. The molecule has 2 rings (SSSR count). The van der Waals surface area contributed by atoms with Crippen molar-refractivity contribution in [2.45, 2.75) is 13.5 Å². The third-order valence-electron chi connectivity index (χ3n) is 2.39. The number of pyridine rings is 1. The number of aryl methyl sites for hydroxylation is 1. The van der Waals surface area contributed by atoms with Gasteiger partial charge in [0, 0.05) is 19.8 Å². The average molecular weight is 233 g/mol. The Labute approximate surface area is 99.5 Å². The number of rotatable bonds is 3. The maximum atomic E-state index is 5.95. The normalized spacial score (nSPS) is 10.4. The molecule has 2 aromatic heterocycles. The Bertz CT molecular complexity index is 465. The van der Waals surface area contributed by atoms with Crippen molar-refractivity contribution in [2.75, 3.05) is 17.7 Å². The number of hydrogen-bond acceptors (Lipinski definition) is 4. The van der Waals surface area contributed by atoms with Gasteiger partial charge in [-0.1, -0.05) is 0 Å². The van der Waals surface area contributed by atoms with Crippen LogP contribution in [0.25, 0.3) is 0 Å². The van der Waals surface area contributed by atoms with Gasteiger partial charge in [-0.3, -0.25) is 0 Å². The van der Waals surface area contributed by atoms with Gasteiger partial charge in [0.25, 0.3) is 0 Å². The molecule has 4 heteroatoms. The second-order valence-electron chi connectivity index (χ2n) is 3.91. The molecule has 0 unspecified atom stereocenters. The van der Waals surface area contributed by atoms with Crippen LogP contribution in [0.4, 0.5) is 11.5 Å². The number of nitrogens with two attached hydrogens (primary N) is 1. The van der Waals surface area contributed by atoms with Crippen LogP contribution >= 0.6 is 11.3 Å². The molecule has 2 heterocycles. The maximum Gasteiger partial charge on any atom is 0.151 e. The summed E-state index contributed by atoms with van der Waals surface area (Å²) in [6.45, 7) is 2.83. The maximum absolute atomic E-state index is 5.95. The molecule has 0 atom stereocenters. The van der Waals surface area contributed by atoms with Gasteiger partial charge in [0.1, 0.15) is 0 Å². The molecule has 0 bridgehead atoms. The summed E-state index contributed by atoms with van der Waals surface area (Å²) in [5.41, 5.74) is 9.06. The van der Waals surface area contributed by atoms with Gasteiger partial charge >= 0.3 is 0 Å². The van der Waals surface area contributed by atoms with Gasteiger partial charge in [-0.25, -0.2) is 4.98 Å². The number of nitrogen functional groups attached to an aromatic ring is 1. The molecule has 0 saturated carbocycles. The second kappa shape index (κ2) is 4.53. The SMILES string of the molecule is Cc1cnc(N(C)Cc2ccsc2)c(N)c1. The van der Waals surface area contributed by atoms with Crippen LogP contribution in [0.15, 0.2) is 29.1 Å². The fourth-order valence-electron chi connectivity index (χ4n) is 1.63. The number of aromatic nitrogens is 1. The molecule has 2 aromatic rings. The van der Waals surface area contributed by atoms with Crippen molar-refractivity contribution in [3.8, 4) is 0 Å². The van der Waals surface area contributed by atoms with E-state index in [1.165, 1.54) is 5.56 Å². The average Bonchev–Trinajstić information content (AvgIpc) is 2.70. The topological polar surface area (TPSA) is 42.2 Å². The highest BCUT2D eigenvalue weighted by molar-refractivity contribution is 7.07. The zero-order valence-electron chi connectivity index (χ0n) is 9.47. The predicted octanol–water partition coefficient (Wildman–Crippen LogP) is 2.67. The van der Waals surface area contributed by atoms with E-state index in [0.717, 1.165) is 23.6 Å². The monoisotopic (exact) mass is 233 g/mol. The molecule has 0 aliphatic heterocycles. The predicted molar refractivity (Wildman–Crippen MR) is 69.8 cm³/mol. The van der Waals surface area contributed by atoms with Crippen LogP contribution in [0, 0.1) is 6.92 Å². The fraction of sp³-hybridized carbons (Fsp3) is 0.250. The zero-order chi connectivity index (χ0) is 11.5. The van der Waals surface area contributed by atoms with Crippen molar-refractivity contribution in [3.05, 3.63) is 40.2 Å². The highest BCUT2D eigenvalue weighted by Crippen LogP contribution is 2.21. The first-order chi connectivity index (χ1) is 7.66. The summed E-state index contributed by atoms with van der Waals surface area (Å²) in [5.74, 6) is 0.844. The molecule has 0 aromatic carbocycles. The van der Waals surface area contributed by atoms with E-state index in [1.807, 2.05) is 26.2 Å². The molecule has 2 N–H and O–H groups in total. The summed E-state index contributed by atoms with van der Waals surface area (Å²) in [6, 6.07) is 4.07. The van der Waals surface area contributed by atoms with Crippen molar-refractivity contribution in [3.63, 3.8) is 0 Å². The van der Waals surface area contributed by atoms with E-state index in [-0.39, 0.29) is 0 Å². The lowest BCUT2D eigenvalue weighted by Gasteiger charge is -2.19. The first kappa shape index (κ1) is 11.0. The van der Waals surface area contributed by atoms with Gasteiger partial charge in [-0.2, -0.15) is 11.3 Å². The Morgan fingerprint density at radius 1 is 1.50 bits per heavy atom. The van der Waals surface area contributed by atoms with Crippen molar-refractivity contribution in [1.82, 2.24) is 4.98 Å². The smallest absolute Gasteiger partial charge is 0.151 e. The molecule has 16 heavy (non-hydrogen) atoms. The summed E-state index contributed by atoms with van der Waals surface area (Å²) in [5, 5.41) is 4.22. The van der Waals surface area contributed by atoms with Crippen LogP contribution in [0.3, 0.4) is 0 Å². The van der Waals surface area contributed by atoms with Gasteiger partial charge in [0.05, 0.1) is 5.69 Å². The Morgan fingerprint density at radius 3 is 2.94 bits per heavy atom. The van der Waals surface area contributed by atoms with E-state index in [1.54, 1.807) is 11.3 Å². The van der Waals surface area contributed by atoms with Crippen molar-refractivity contribution >= 4 is 22.8 Å². The quantitative estimate of drug-likeness (QED) is 0.886.